The summed E-state index contributed by atoms with van der Waals surface area (Å²) >= 11 is 1.21. The van der Waals surface area contributed by atoms with E-state index in [0.29, 0.717) is 4.91 Å². The predicted molar refractivity (Wildman–Crippen MR) is 58.1 cm³/mol. The molecule has 14 heavy (non-hydrogen) atoms. The first-order valence-corrected chi connectivity index (χ1v) is 5.44. The maximum atomic E-state index is 11.6. The minimum absolute atomic E-state index is 0.0766. The Morgan fingerprint density at radius 3 is 2.07 bits per heavy atom. The van der Waals surface area contributed by atoms with Crippen molar-refractivity contribution in [3.63, 3.8) is 0 Å². The van der Waals surface area contributed by atoms with Gasteiger partial charge in [0.25, 0.3) is 0 Å². The molecule has 3 nitrogen and oxygen atoms in total. The van der Waals surface area contributed by atoms with Crippen LogP contribution in [0.15, 0.2) is 11.0 Å². The molecule has 0 unspecified atom stereocenters. The third-order valence-corrected chi connectivity index (χ3v) is 2.33. The molecule has 0 N–H and O–H groups in total. The van der Waals surface area contributed by atoms with E-state index in [-0.39, 0.29) is 5.78 Å². The lowest BCUT2D eigenvalue weighted by molar-refractivity contribution is -0.135. The highest BCUT2D eigenvalue weighted by Gasteiger charge is 2.21. The molecule has 0 aliphatic heterocycles. The van der Waals surface area contributed by atoms with Crippen molar-refractivity contribution < 1.29 is 14.3 Å². The Hall–Kier alpha value is -0.770. The van der Waals surface area contributed by atoms with Gasteiger partial charge in [-0.1, -0.05) is 20.8 Å². The van der Waals surface area contributed by atoms with E-state index in [1.54, 1.807) is 27.0 Å². The predicted octanol–water partition coefficient (Wildman–Crippen LogP) is 2.02. The van der Waals surface area contributed by atoms with Gasteiger partial charge in [0, 0.05) is 11.5 Å². The quantitative estimate of drug-likeness (QED) is 0.535. The molecule has 0 aliphatic carbocycles. The number of rotatable bonds is 3. The minimum atomic E-state index is -0.463. The molecule has 0 aliphatic rings. The zero-order valence-electron chi connectivity index (χ0n) is 9.21. The van der Waals surface area contributed by atoms with E-state index in [1.807, 2.05) is 0 Å². The van der Waals surface area contributed by atoms with E-state index < -0.39 is 11.4 Å². The Labute approximate surface area is 88.9 Å². The molecule has 0 spiro atoms. The summed E-state index contributed by atoms with van der Waals surface area (Å²) in [6.45, 7) is 5.42. The van der Waals surface area contributed by atoms with Crippen LogP contribution in [0.25, 0.3) is 0 Å². The summed E-state index contributed by atoms with van der Waals surface area (Å²) in [5.74, 6) is -0.539. The summed E-state index contributed by atoms with van der Waals surface area (Å²) in [7, 11) is 1.30. The van der Waals surface area contributed by atoms with Crippen LogP contribution in [0.2, 0.25) is 0 Å². The molecule has 0 bridgehead atoms. The number of hydrogen-bond donors (Lipinski definition) is 0. The van der Waals surface area contributed by atoms with Crippen molar-refractivity contribution in [2.75, 3.05) is 13.4 Å². The van der Waals surface area contributed by atoms with Crippen LogP contribution in [-0.2, 0) is 14.3 Å². The van der Waals surface area contributed by atoms with Gasteiger partial charge in [0.15, 0.2) is 5.78 Å². The molecule has 0 saturated carbocycles. The maximum absolute atomic E-state index is 11.6. The molecule has 0 aromatic rings. The van der Waals surface area contributed by atoms with Gasteiger partial charge in [-0.05, 0) is 6.26 Å². The van der Waals surface area contributed by atoms with Crippen molar-refractivity contribution in [3.05, 3.63) is 11.0 Å². The average Bonchev–Trinajstić information content (AvgIpc) is 2.10. The largest absolute Gasteiger partial charge is 0.465 e. The third-order valence-electron chi connectivity index (χ3n) is 1.61. The summed E-state index contributed by atoms with van der Waals surface area (Å²) in [6, 6.07) is 0. The minimum Gasteiger partial charge on any atom is -0.465 e. The first-order chi connectivity index (χ1) is 6.32. The number of hydrogen-bond acceptors (Lipinski definition) is 4. The standard InChI is InChI=1S/C10H16O3S/c1-10(2,3)8(11)6-7(14-5)9(12)13-4/h6H,1-5H3/b7-6-. The third kappa shape index (κ3) is 3.96. The number of carbonyl (C=O) groups is 2. The number of ketones is 1. The van der Waals surface area contributed by atoms with Gasteiger partial charge in [-0.15, -0.1) is 11.8 Å². The molecule has 0 saturated heterocycles. The van der Waals surface area contributed by atoms with Crippen LogP contribution < -0.4 is 0 Å². The number of carbonyl (C=O) groups excluding carboxylic acids is 2. The molecule has 0 fully saturated rings. The van der Waals surface area contributed by atoms with E-state index in [1.165, 1.54) is 24.9 Å². The number of esters is 1. The van der Waals surface area contributed by atoms with Gasteiger partial charge in [-0.3, -0.25) is 4.79 Å². The van der Waals surface area contributed by atoms with Crippen LogP contribution in [0.3, 0.4) is 0 Å². The second-order valence-corrected chi connectivity index (χ2v) is 4.67. The smallest absolute Gasteiger partial charge is 0.344 e. The van der Waals surface area contributed by atoms with Crippen LogP contribution in [0.1, 0.15) is 20.8 Å². The molecule has 0 aromatic carbocycles. The average molecular weight is 216 g/mol. The second-order valence-electron chi connectivity index (χ2n) is 3.82. The van der Waals surface area contributed by atoms with Crippen LogP contribution in [0.5, 0.6) is 0 Å². The lowest BCUT2D eigenvalue weighted by Crippen LogP contribution is -2.19. The number of ether oxygens (including phenoxy) is 1. The van der Waals surface area contributed by atoms with Crippen LogP contribution >= 0.6 is 11.8 Å². The lowest BCUT2D eigenvalue weighted by atomic mass is 9.91. The van der Waals surface area contributed by atoms with E-state index in [2.05, 4.69) is 4.74 Å². The Balaban J connectivity index is 4.78. The van der Waals surface area contributed by atoms with Gasteiger partial charge in [-0.2, -0.15) is 0 Å². The van der Waals surface area contributed by atoms with Crippen LogP contribution in [0, 0.1) is 5.41 Å². The van der Waals surface area contributed by atoms with Gasteiger partial charge < -0.3 is 4.74 Å². The van der Waals surface area contributed by atoms with Crippen molar-refractivity contribution in [2.45, 2.75) is 20.8 Å². The van der Waals surface area contributed by atoms with E-state index in [9.17, 15) is 9.59 Å². The summed E-state index contributed by atoms with van der Waals surface area (Å²) < 4.78 is 4.54. The Kier molecular flexibility index (Phi) is 4.91. The van der Waals surface area contributed by atoms with Crippen molar-refractivity contribution in [1.82, 2.24) is 0 Å². The maximum Gasteiger partial charge on any atom is 0.344 e. The summed E-state index contributed by atoms with van der Waals surface area (Å²) in [6.07, 6.45) is 3.08. The fourth-order valence-corrected chi connectivity index (χ4v) is 1.11. The number of methoxy groups -OCH3 is 1. The summed E-state index contributed by atoms with van der Waals surface area (Å²) in [5, 5.41) is 0. The SMILES string of the molecule is COC(=O)/C(=C/C(=O)C(C)(C)C)SC. The van der Waals surface area contributed by atoms with Crippen molar-refractivity contribution >= 4 is 23.5 Å². The van der Waals surface area contributed by atoms with Crippen molar-refractivity contribution in [3.8, 4) is 0 Å². The Bertz CT molecular complexity index is 261. The first kappa shape index (κ1) is 13.2. The van der Waals surface area contributed by atoms with Gasteiger partial charge in [-0.25, -0.2) is 4.79 Å². The normalized spacial score (nSPS) is 12.5. The topological polar surface area (TPSA) is 43.4 Å². The molecular weight excluding hydrogens is 200 g/mol. The van der Waals surface area contributed by atoms with E-state index in [0.717, 1.165) is 0 Å². The molecule has 0 rings (SSSR count). The molecule has 0 aromatic heterocycles. The zero-order chi connectivity index (χ0) is 11.4. The van der Waals surface area contributed by atoms with E-state index >= 15 is 0 Å². The summed E-state index contributed by atoms with van der Waals surface area (Å²) in [4.78, 5) is 23.0. The molecule has 80 valence electrons. The molecule has 0 radical (unpaired) electrons. The van der Waals surface area contributed by atoms with Crippen LogP contribution in [0.4, 0.5) is 0 Å². The Morgan fingerprint density at radius 2 is 1.79 bits per heavy atom. The molecular formula is C10H16O3S. The fraction of sp³-hybridized carbons (Fsp3) is 0.600. The first-order valence-electron chi connectivity index (χ1n) is 4.21. The monoisotopic (exact) mass is 216 g/mol. The zero-order valence-corrected chi connectivity index (χ0v) is 10.0. The molecule has 0 heterocycles. The lowest BCUT2D eigenvalue weighted by Gasteiger charge is -2.13. The van der Waals surface area contributed by atoms with Gasteiger partial charge in [0.05, 0.1) is 12.0 Å². The van der Waals surface area contributed by atoms with Crippen molar-refractivity contribution in [1.29, 1.82) is 0 Å². The van der Waals surface area contributed by atoms with E-state index in [4.69, 9.17) is 0 Å². The van der Waals surface area contributed by atoms with Gasteiger partial charge in [0.2, 0.25) is 0 Å². The fourth-order valence-electron chi connectivity index (χ4n) is 0.637. The molecule has 4 heteroatoms. The second kappa shape index (κ2) is 5.20. The van der Waals surface area contributed by atoms with Crippen molar-refractivity contribution in [2.24, 2.45) is 5.41 Å². The summed E-state index contributed by atoms with van der Waals surface area (Å²) in [5.41, 5.74) is -0.463. The highest BCUT2D eigenvalue weighted by molar-refractivity contribution is 8.03. The molecule has 0 atom stereocenters. The molecule has 0 amide bonds. The van der Waals surface area contributed by atoms with Gasteiger partial charge in [0.1, 0.15) is 0 Å². The highest BCUT2D eigenvalue weighted by Crippen LogP contribution is 2.20. The highest BCUT2D eigenvalue weighted by atomic mass is 32.2. The van der Waals surface area contributed by atoms with Crippen LogP contribution in [-0.4, -0.2) is 25.1 Å². The Morgan fingerprint density at radius 1 is 1.29 bits per heavy atom. The number of allylic oxidation sites excluding steroid dienone is 1. The van der Waals surface area contributed by atoms with Gasteiger partial charge >= 0.3 is 5.97 Å². The number of thioether (sulfide) groups is 1.